The van der Waals surface area contributed by atoms with Gasteiger partial charge in [-0.25, -0.2) is 0 Å². The molecule has 0 unspecified atom stereocenters. The Hall–Kier alpha value is -3.02. The van der Waals surface area contributed by atoms with Crippen molar-refractivity contribution in [2.45, 2.75) is 19.9 Å². The summed E-state index contributed by atoms with van der Waals surface area (Å²) >= 11 is 0. The molecule has 0 spiro atoms. The molecular weight excluding hydrogens is 320 g/mol. The van der Waals surface area contributed by atoms with Crippen molar-refractivity contribution in [3.8, 4) is 11.5 Å². The molecule has 2 N–H and O–H groups in total. The van der Waals surface area contributed by atoms with E-state index in [-0.39, 0.29) is 11.7 Å². The van der Waals surface area contributed by atoms with Crippen molar-refractivity contribution in [3.05, 3.63) is 48.0 Å². The van der Waals surface area contributed by atoms with Crippen LogP contribution in [0.5, 0.6) is 11.5 Å². The fourth-order valence-electron chi connectivity index (χ4n) is 2.26. The van der Waals surface area contributed by atoms with E-state index < -0.39 is 6.04 Å². The van der Waals surface area contributed by atoms with Gasteiger partial charge in [0.05, 0.1) is 19.9 Å². The zero-order valence-corrected chi connectivity index (χ0v) is 14.8. The lowest BCUT2D eigenvalue weighted by molar-refractivity contribution is -0.116. The summed E-state index contributed by atoms with van der Waals surface area (Å²) < 4.78 is 10.5. The molecule has 0 aliphatic rings. The first-order valence-electron chi connectivity index (χ1n) is 7.85. The van der Waals surface area contributed by atoms with Gasteiger partial charge in [0.1, 0.15) is 17.5 Å². The zero-order valence-electron chi connectivity index (χ0n) is 14.8. The second-order valence-corrected chi connectivity index (χ2v) is 5.56. The van der Waals surface area contributed by atoms with Crippen LogP contribution in [0.4, 0.5) is 11.4 Å². The van der Waals surface area contributed by atoms with Gasteiger partial charge in [0.25, 0.3) is 0 Å². The van der Waals surface area contributed by atoms with E-state index in [1.807, 2.05) is 0 Å². The van der Waals surface area contributed by atoms with Crippen molar-refractivity contribution < 1.29 is 19.1 Å². The number of methoxy groups -OCH3 is 2. The van der Waals surface area contributed by atoms with Gasteiger partial charge in [0, 0.05) is 17.3 Å². The zero-order chi connectivity index (χ0) is 18.4. The molecule has 0 radical (unpaired) electrons. The van der Waals surface area contributed by atoms with Crippen molar-refractivity contribution in [1.82, 2.24) is 0 Å². The van der Waals surface area contributed by atoms with E-state index in [1.54, 1.807) is 63.6 Å². The molecule has 1 amide bonds. The lowest BCUT2D eigenvalue weighted by Crippen LogP contribution is -2.32. The molecule has 1 atom stereocenters. The highest BCUT2D eigenvalue weighted by atomic mass is 16.5. The number of carbonyl (C=O) groups is 2. The molecule has 0 aromatic heterocycles. The predicted octanol–water partition coefficient (Wildman–Crippen LogP) is 3.35. The Balaban J connectivity index is 2.06. The van der Waals surface area contributed by atoms with E-state index in [4.69, 9.17) is 9.47 Å². The second kappa shape index (κ2) is 8.19. The summed E-state index contributed by atoms with van der Waals surface area (Å²) in [5.74, 6) is 1.06. The van der Waals surface area contributed by atoms with Crippen molar-refractivity contribution in [2.24, 2.45) is 0 Å². The lowest BCUT2D eigenvalue weighted by Gasteiger charge is -2.18. The molecule has 0 bridgehead atoms. The van der Waals surface area contributed by atoms with E-state index in [0.29, 0.717) is 28.4 Å². The summed E-state index contributed by atoms with van der Waals surface area (Å²) in [6.45, 7) is 3.25. The first kappa shape index (κ1) is 18.3. The van der Waals surface area contributed by atoms with Crippen molar-refractivity contribution >= 4 is 23.1 Å². The van der Waals surface area contributed by atoms with E-state index >= 15 is 0 Å². The van der Waals surface area contributed by atoms with Gasteiger partial charge < -0.3 is 20.1 Å². The monoisotopic (exact) mass is 342 g/mol. The summed E-state index contributed by atoms with van der Waals surface area (Å²) in [6.07, 6.45) is 0. The highest BCUT2D eigenvalue weighted by Gasteiger charge is 2.15. The maximum absolute atomic E-state index is 12.4. The van der Waals surface area contributed by atoms with Crippen LogP contribution in [0.1, 0.15) is 24.2 Å². The molecule has 132 valence electrons. The largest absolute Gasteiger partial charge is 0.497 e. The van der Waals surface area contributed by atoms with Crippen LogP contribution in [0, 0.1) is 0 Å². The maximum Gasteiger partial charge on any atom is 0.246 e. The Morgan fingerprint density at radius 1 is 1.00 bits per heavy atom. The Morgan fingerprint density at radius 2 is 1.68 bits per heavy atom. The number of carbonyl (C=O) groups excluding carboxylic acids is 2. The molecule has 2 rings (SSSR count). The van der Waals surface area contributed by atoms with Gasteiger partial charge in [0.15, 0.2) is 5.78 Å². The molecule has 0 heterocycles. The number of rotatable bonds is 7. The third-order valence-corrected chi connectivity index (χ3v) is 3.73. The third kappa shape index (κ3) is 4.73. The third-order valence-electron chi connectivity index (χ3n) is 3.73. The molecule has 6 nitrogen and oxygen atoms in total. The van der Waals surface area contributed by atoms with Gasteiger partial charge in [-0.2, -0.15) is 0 Å². The minimum absolute atomic E-state index is 0.0157. The van der Waals surface area contributed by atoms with Crippen molar-refractivity contribution in [1.29, 1.82) is 0 Å². The normalized spacial score (nSPS) is 11.4. The summed E-state index contributed by atoms with van der Waals surface area (Å²) in [7, 11) is 3.14. The number of ketones is 1. The lowest BCUT2D eigenvalue weighted by atomic mass is 10.1. The van der Waals surface area contributed by atoms with Gasteiger partial charge in [-0.1, -0.05) is 0 Å². The predicted molar refractivity (Wildman–Crippen MR) is 97.7 cm³/mol. The molecule has 0 saturated carbocycles. The average Bonchev–Trinajstić information content (AvgIpc) is 2.61. The first-order valence-corrected chi connectivity index (χ1v) is 7.85. The van der Waals surface area contributed by atoms with E-state index in [2.05, 4.69) is 10.6 Å². The number of amides is 1. The number of Topliss-reactive ketones (excluding diaryl/α,β-unsaturated/α-hetero) is 1. The number of nitrogens with one attached hydrogen (secondary N) is 2. The fraction of sp³-hybridized carbons (Fsp3) is 0.263. The SMILES string of the molecule is COc1ccc(OC)c(N[C@@H](C)C(=O)Nc2ccc(C(C)=O)cc2)c1. The fourth-order valence-corrected chi connectivity index (χ4v) is 2.26. The minimum Gasteiger partial charge on any atom is -0.497 e. The highest BCUT2D eigenvalue weighted by Crippen LogP contribution is 2.29. The van der Waals surface area contributed by atoms with Gasteiger partial charge >= 0.3 is 0 Å². The smallest absolute Gasteiger partial charge is 0.246 e. The Labute approximate surface area is 147 Å². The summed E-state index contributed by atoms with van der Waals surface area (Å²) in [4.78, 5) is 23.7. The molecule has 2 aromatic carbocycles. The number of hydrogen-bond acceptors (Lipinski definition) is 5. The molecule has 0 aliphatic carbocycles. The van der Waals surface area contributed by atoms with Crippen LogP contribution < -0.4 is 20.1 Å². The summed E-state index contributed by atoms with van der Waals surface area (Å²) in [5.41, 5.74) is 1.89. The van der Waals surface area contributed by atoms with E-state index in [0.717, 1.165) is 0 Å². The molecular formula is C19H22N2O4. The van der Waals surface area contributed by atoms with Crippen LogP contribution in [0.2, 0.25) is 0 Å². The molecule has 6 heteroatoms. The summed E-state index contributed by atoms with van der Waals surface area (Å²) in [6, 6.07) is 11.6. The van der Waals surface area contributed by atoms with Crippen LogP contribution in [0.15, 0.2) is 42.5 Å². The molecule has 0 fully saturated rings. The van der Waals surface area contributed by atoms with Gasteiger partial charge in [-0.3, -0.25) is 9.59 Å². The number of anilines is 2. The first-order chi connectivity index (χ1) is 11.9. The Morgan fingerprint density at radius 3 is 2.24 bits per heavy atom. The number of ether oxygens (including phenoxy) is 2. The average molecular weight is 342 g/mol. The second-order valence-electron chi connectivity index (χ2n) is 5.56. The Bertz CT molecular complexity index is 757. The molecule has 25 heavy (non-hydrogen) atoms. The van der Waals surface area contributed by atoms with E-state index in [1.165, 1.54) is 6.92 Å². The van der Waals surface area contributed by atoms with Crippen LogP contribution in [0.25, 0.3) is 0 Å². The van der Waals surface area contributed by atoms with Crippen LogP contribution in [-0.4, -0.2) is 32.0 Å². The van der Waals surface area contributed by atoms with Gasteiger partial charge in [-0.15, -0.1) is 0 Å². The highest BCUT2D eigenvalue weighted by molar-refractivity contribution is 5.98. The van der Waals surface area contributed by atoms with Crippen LogP contribution in [-0.2, 0) is 4.79 Å². The molecule has 0 saturated heterocycles. The van der Waals surface area contributed by atoms with E-state index in [9.17, 15) is 9.59 Å². The van der Waals surface area contributed by atoms with Crippen molar-refractivity contribution in [3.63, 3.8) is 0 Å². The van der Waals surface area contributed by atoms with Gasteiger partial charge in [0.2, 0.25) is 5.91 Å². The Kier molecular flexibility index (Phi) is 6.00. The minimum atomic E-state index is -0.506. The van der Waals surface area contributed by atoms with Crippen LogP contribution >= 0.6 is 0 Å². The van der Waals surface area contributed by atoms with Crippen LogP contribution in [0.3, 0.4) is 0 Å². The summed E-state index contributed by atoms with van der Waals surface area (Å²) in [5, 5.41) is 5.92. The van der Waals surface area contributed by atoms with Gasteiger partial charge in [-0.05, 0) is 50.2 Å². The topological polar surface area (TPSA) is 76.7 Å². The maximum atomic E-state index is 12.4. The standard InChI is InChI=1S/C19H22N2O4/c1-12(20-17-11-16(24-3)9-10-18(17)25-4)19(23)21-15-7-5-14(6-8-15)13(2)22/h5-12,20H,1-4H3,(H,21,23)/t12-/m0/s1. The number of benzene rings is 2. The molecule has 2 aromatic rings. The molecule has 0 aliphatic heterocycles. The number of hydrogen-bond donors (Lipinski definition) is 2. The van der Waals surface area contributed by atoms with Crippen molar-refractivity contribution in [2.75, 3.05) is 24.9 Å². The quantitative estimate of drug-likeness (QED) is 0.755.